The lowest BCUT2D eigenvalue weighted by atomic mass is 10.0. The summed E-state index contributed by atoms with van der Waals surface area (Å²) in [7, 11) is 0. The van der Waals surface area contributed by atoms with Crippen molar-refractivity contribution >= 4 is 29.3 Å². The minimum atomic E-state index is -0.604. The number of fused-ring (bicyclic) bond motifs is 1. The zero-order chi connectivity index (χ0) is 19.7. The molecule has 3 rings (SSSR count). The number of carbonyl (C=O) groups excluding carboxylic acids is 2. The number of carbonyl (C=O) groups is 2. The maximum absolute atomic E-state index is 13.2. The van der Waals surface area contributed by atoms with E-state index in [0.29, 0.717) is 6.42 Å². The Kier molecular flexibility index (Phi) is 5.58. The van der Waals surface area contributed by atoms with Crippen LogP contribution in [0.25, 0.3) is 0 Å². The van der Waals surface area contributed by atoms with Gasteiger partial charge in [-0.3, -0.25) is 14.8 Å². The fraction of sp³-hybridized carbons (Fsp3) is 0.333. The Labute approximate surface area is 163 Å². The fourth-order valence-electron chi connectivity index (χ4n) is 3.35. The number of thioether (sulfide) groups is 1. The van der Waals surface area contributed by atoms with Crippen LogP contribution in [0.3, 0.4) is 0 Å². The zero-order valence-corrected chi connectivity index (χ0v) is 16.8. The molecule has 1 aliphatic heterocycles. The van der Waals surface area contributed by atoms with Crippen LogP contribution in [0, 0.1) is 27.7 Å². The van der Waals surface area contributed by atoms with Crippen molar-refractivity contribution in [3.05, 3.63) is 58.1 Å². The van der Waals surface area contributed by atoms with E-state index in [1.807, 2.05) is 45.0 Å². The number of nitrogens with zero attached hydrogens (tertiary/aromatic N) is 1. The monoisotopic (exact) mass is 384 g/mol. The first-order chi connectivity index (χ1) is 12.8. The molecule has 0 saturated carbocycles. The molecule has 0 bridgehead atoms. The average molecular weight is 385 g/mol. The van der Waals surface area contributed by atoms with E-state index in [1.54, 1.807) is 17.2 Å². The first-order valence-electron chi connectivity index (χ1n) is 8.89. The van der Waals surface area contributed by atoms with Gasteiger partial charge in [0.2, 0.25) is 5.91 Å². The van der Waals surface area contributed by atoms with Crippen molar-refractivity contribution in [2.75, 3.05) is 11.4 Å². The Hall–Kier alpha value is -2.31. The summed E-state index contributed by atoms with van der Waals surface area (Å²) in [6.07, 6.45) is 0.590. The van der Waals surface area contributed by atoms with E-state index in [9.17, 15) is 9.59 Å². The van der Waals surface area contributed by atoms with E-state index < -0.39 is 5.91 Å². The van der Waals surface area contributed by atoms with Crippen LogP contribution in [0.1, 0.15) is 27.8 Å². The molecular formula is C21H24N2O3S. The van der Waals surface area contributed by atoms with Crippen molar-refractivity contribution in [1.82, 2.24) is 5.48 Å². The number of hydroxylamine groups is 1. The highest BCUT2D eigenvalue weighted by Gasteiger charge is 2.36. The van der Waals surface area contributed by atoms with Crippen LogP contribution in [-0.4, -0.2) is 28.8 Å². The minimum Gasteiger partial charge on any atom is -0.301 e. The van der Waals surface area contributed by atoms with E-state index in [0.717, 1.165) is 32.8 Å². The van der Waals surface area contributed by atoms with E-state index >= 15 is 0 Å². The molecule has 6 heteroatoms. The Morgan fingerprint density at radius 3 is 2.44 bits per heavy atom. The van der Waals surface area contributed by atoms with Crippen molar-refractivity contribution in [3.8, 4) is 0 Å². The Bertz CT molecular complexity index is 893. The van der Waals surface area contributed by atoms with Crippen LogP contribution in [0.15, 0.2) is 35.2 Å². The molecule has 0 aliphatic carbocycles. The first-order valence-corrected chi connectivity index (χ1v) is 9.77. The second kappa shape index (κ2) is 7.74. The Morgan fingerprint density at radius 2 is 1.81 bits per heavy atom. The number of hydrogen-bond donors (Lipinski definition) is 2. The topological polar surface area (TPSA) is 69.6 Å². The van der Waals surface area contributed by atoms with Crippen LogP contribution < -0.4 is 10.4 Å². The van der Waals surface area contributed by atoms with Gasteiger partial charge in [0, 0.05) is 4.90 Å². The highest BCUT2D eigenvalue weighted by atomic mass is 32.2. The van der Waals surface area contributed by atoms with Gasteiger partial charge >= 0.3 is 0 Å². The summed E-state index contributed by atoms with van der Waals surface area (Å²) in [4.78, 5) is 27.6. The van der Waals surface area contributed by atoms with Crippen LogP contribution in [0.2, 0.25) is 0 Å². The molecule has 142 valence electrons. The van der Waals surface area contributed by atoms with Gasteiger partial charge in [0.15, 0.2) is 0 Å². The van der Waals surface area contributed by atoms with Crippen LogP contribution in [-0.2, 0) is 16.0 Å². The first kappa shape index (κ1) is 19.5. The van der Waals surface area contributed by atoms with Gasteiger partial charge in [-0.05, 0) is 62.4 Å². The minimum absolute atomic E-state index is 0.108. The summed E-state index contributed by atoms with van der Waals surface area (Å²) >= 11 is 1.55. The van der Waals surface area contributed by atoms with Gasteiger partial charge < -0.3 is 4.90 Å². The molecule has 2 aromatic rings. The third-order valence-electron chi connectivity index (χ3n) is 5.14. The van der Waals surface area contributed by atoms with Crippen LogP contribution >= 0.6 is 11.8 Å². The number of anilines is 1. The second-order valence-electron chi connectivity index (χ2n) is 7.05. The molecule has 2 N–H and O–H groups in total. The zero-order valence-electron chi connectivity index (χ0n) is 16.0. The summed E-state index contributed by atoms with van der Waals surface area (Å²) in [6.45, 7) is 7.88. The number of amides is 2. The number of nitrogens with one attached hydrogen (secondary N) is 1. The lowest BCUT2D eigenvalue weighted by molar-refractivity contribution is -0.129. The second-order valence-corrected chi connectivity index (χ2v) is 8.29. The molecule has 1 atom stereocenters. The maximum atomic E-state index is 13.2. The van der Waals surface area contributed by atoms with Gasteiger partial charge in [-0.25, -0.2) is 5.48 Å². The van der Waals surface area contributed by atoms with Gasteiger partial charge in [0.05, 0.1) is 10.9 Å². The summed E-state index contributed by atoms with van der Waals surface area (Å²) in [5.41, 5.74) is 7.93. The molecule has 0 aromatic heterocycles. The number of benzene rings is 2. The predicted octanol–water partition coefficient (Wildman–Crippen LogP) is 3.48. The lowest BCUT2D eigenvalue weighted by Gasteiger charge is -2.35. The molecular weight excluding hydrogens is 360 g/mol. The molecule has 0 saturated heterocycles. The third kappa shape index (κ3) is 3.87. The molecule has 1 aliphatic rings. The van der Waals surface area contributed by atoms with Gasteiger partial charge in [0.1, 0.15) is 6.54 Å². The van der Waals surface area contributed by atoms with Crippen LogP contribution in [0.5, 0.6) is 0 Å². The molecule has 2 aromatic carbocycles. The highest BCUT2D eigenvalue weighted by Crippen LogP contribution is 2.44. The molecule has 0 radical (unpaired) electrons. The molecule has 5 nitrogen and oxygen atoms in total. The highest BCUT2D eigenvalue weighted by molar-refractivity contribution is 8.01. The van der Waals surface area contributed by atoms with E-state index in [2.05, 4.69) is 13.0 Å². The normalized spacial score (nSPS) is 16.3. The fourth-order valence-corrected chi connectivity index (χ4v) is 4.78. The van der Waals surface area contributed by atoms with Crippen molar-refractivity contribution in [3.63, 3.8) is 0 Å². The Balaban J connectivity index is 2.01. The van der Waals surface area contributed by atoms with Gasteiger partial charge in [-0.15, -0.1) is 11.8 Å². The summed E-state index contributed by atoms with van der Waals surface area (Å²) < 4.78 is 0. The molecule has 0 spiro atoms. The maximum Gasteiger partial charge on any atom is 0.263 e. The van der Waals surface area contributed by atoms with E-state index in [4.69, 9.17) is 5.21 Å². The molecule has 2 amide bonds. The largest absolute Gasteiger partial charge is 0.301 e. The summed E-state index contributed by atoms with van der Waals surface area (Å²) in [5, 5.41) is 8.64. The number of hydrogen-bond acceptors (Lipinski definition) is 4. The molecule has 27 heavy (non-hydrogen) atoms. The molecule has 1 heterocycles. The average Bonchev–Trinajstić information content (AvgIpc) is 2.64. The smallest absolute Gasteiger partial charge is 0.263 e. The SMILES string of the molecule is Cc1ccc(CC2Sc3cc(C)c(C)c(C)c3N(CC(=O)NO)C2=O)cc1. The quantitative estimate of drug-likeness (QED) is 0.626. The van der Waals surface area contributed by atoms with Crippen molar-refractivity contribution in [2.45, 2.75) is 44.3 Å². The van der Waals surface area contributed by atoms with Crippen molar-refractivity contribution < 1.29 is 14.8 Å². The number of aryl methyl sites for hydroxylation is 2. The van der Waals surface area contributed by atoms with Gasteiger partial charge in [0.25, 0.3) is 5.91 Å². The third-order valence-corrected chi connectivity index (χ3v) is 6.36. The van der Waals surface area contributed by atoms with Crippen molar-refractivity contribution in [2.24, 2.45) is 0 Å². The van der Waals surface area contributed by atoms with Gasteiger partial charge in [-0.1, -0.05) is 29.8 Å². The standard InChI is InChI=1S/C21H24N2O3S/c1-12-5-7-16(8-6-12)10-18-21(25)23(11-19(24)22-26)20-15(4)14(3)13(2)9-17(20)27-18/h5-9,18,26H,10-11H2,1-4H3,(H,22,24). The Morgan fingerprint density at radius 1 is 1.15 bits per heavy atom. The molecule has 1 unspecified atom stereocenters. The van der Waals surface area contributed by atoms with Gasteiger partial charge in [-0.2, -0.15) is 0 Å². The van der Waals surface area contributed by atoms with Crippen LogP contribution in [0.4, 0.5) is 5.69 Å². The summed E-state index contributed by atoms with van der Waals surface area (Å²) in [6, 6.07) is 10.2. The van der Waals surface area contributed by atoms with E-state index in [-0.39, 0.29) is 17.7 Å². The molecule has 0 fully saturated rings. The summed E-state index contributed by atoms with van der Waals surface area (Å²) in [5.74, 6) is -0.712. The predicted molar refractivity (Wildman–Crippen MR) is 107 cm³/mol. The van der Waals surface area contributed by atoms with E-state index in [1.165, 1.54) is 10.5 Å². The number of rotatable bonds is 4. The van der Waals surface area contributed by atoms with Crippen molar-refractivity contribution in [1.29, 1.82) is 0 Å². The lowest BCUT2D eigenvalue weighted by Crippen LogP contribution is -2.47.